The Labute approximate surface area is 273 Å². The van der Waals surface area contributed by atoms with E-state index in [2.05, 4.69) is 33.6 Å². The van der Waals surface area contributed by atoms with Crippen LogP contribution in [0.25, 0.3) is 11.2 Å². The minimum Gasteiger partial charge on any atom is -0.459 e. The Bertz CT molecular complexity index is 1530. The number of nitrogens with zero attached hydrogens (tertiary/aromatic N) is 4. The van der Waals surface area contributed by atoms with E-state index in [1.807, 2.05) is 19.9 Å². The van der Waals surface area contributed by atoms with Crippen LogP contribution >= 0.6 is 0 Å². The predicted molar refractivity (Wildman–Crippen MR) is 167 cm³/mol. The second-order valence-corrected chi connectivity index (χ2v) is 12.6. The molecule has 9 atom stereocenters. The summed E-state index contributed by atoms with van der Waals surface area (Å²) >= 11 is 0. The third-order valence-corrected chi connectivity index (χ3v) is 8.69. The van der Waals surface area contributed by atoms with E-state index in [9.17, 15) is 19.5 Å². The predicted octanol–water partition coefficient (Wildman–Crippen LogP) is 2.16. The number of pyridine rings is 1. The minimum absolute atomic E-state index is 0.0339. The van der Waals surface area contributed by atoms with E-state index < -0.39 is 42.0 Å². The van der Waals surface area contributed by atoms with Gasteiger partial charge in [-0.1, -0.05) is 30.7 Å². The molecule has 3 aliphatic heterocycles. The van der Waals surface area contributed by atoms with Crippen molar-refractivity contribution in [1.29, 1.82) is 0 Å². The smallest absolute Gasteiger partial charge is 0.337 e. The van der Waals surface area contributed by atoms with Gasteiger partial charge in [-0.2, -0.15) is 0 Å². The quantitative estimate of drug-likeness (QED) is 0.119. The number of amides is 1. The SMILES string of the molecule is CC(=O)O[C@@H](C)/C=C\C(=O)N[C@@H]1C[C@H](C)[C@H](C/C=C(C)/C=C/[C@H]2O[C@H](CC(=O)On3nnc4cccnc43)C[C@@]3(CO3)[C@@H]2O)O[C@@H]1C. The van der Waals surface area contributed by atoms with E-state index in [1.54, 1.807) is 37.4 Å². The molecule has 254 valence electrons. The lowest BCUT2D eigenvalue weighted by Crippen LogP contribution is -2.50. The number of aliphatic hydroxyl groups excluding tert-OH is 1. The Morgan fingerprint density at radius 3 is 2.77 bits per heavy atom. The van der Waals surface area contributed by atoms with Gasteiger partial charge in [0.1, 0.15) is 29.4 Å². The van der Waals surface area contributed by atoms with Gasteiger partial charge < -0.3 is 34.2 Å². The third-order valence-electron chi connectivity index (χ3n) is 8.69. The molecule has 5 rings (SSSR count). The summed E-state index contributed by atoms with van der Waals surface area (Å²) in [5.41, 5.74) is 1.05. The first-order chi connectivity index (χ1) is 22.4. The highest BCUT2D eigenvalue weighted by Crippen LogP contribution is 2.43. The summed E-state index contributed by atoms with van der Waals surface area (Å²) in [4.78, 5) is 46.7. The Kier molecular flexibility index (Phi) is 10.8. The van der Waals surface area contributed by atoms with Gasteiger partial charge in [-0.15, -0.1) is 5.10 Å². The number of aromatic nitrogens is 4. The summed E-state index contributed by atoms with van der Waals surface area (Å²) in [7, 11) is 0. The molecule has 0 saturated carbocycles. The summed E-state index contributed by atoms with van der Waals surface area (Å²) < 4.78 is 23.1. The number of carbonyl (C=O) groups excluding carboxylic acids is 3. The number of fused-ring (bicyclic) bond motifs is 1. The highest BCUT2D eigenvalue weighted by atomic mass is 16.7. The van der Waals surface area contributed by atoms with Crippen molar-refractivity contribution >= 4 is 29.0 Å². The molecule has 5 heterocycles. The van der Waals surface area contributed by atoms with Crippen LogP contribution in [0, 0.1) is 5.92 Å². The molecule has 0 aromatic carbocycles. The molecule has 14 heteroatoms. The van der Waals surface area contributed by atoms with Gasteiger partial charge in [-0.25, -0.2) is 9.78 Å². The number of ether oxygens (including phenoxy) is 4. The second-order valence-electron chi connectivity index (χ2n) is 12.6. The Morgan fingerprint density at radius 1 is 1.23 bits per heavy atom. The number of hydrogen-bond donors (Lipinski definition) is 2. The molecule has 0 unspecified atom stereocenters. The molecule has 0 radical (unpaired) electrons. The molecular weight excluding hydrogens is 610 g/mol. The average molecular weight is 654 g/mol. The fraction of sp³-hybridized carbons (Fsp3) is 0.576. The van der Waals surface area contributed by atoms with Crippen LogP contribution in [0.5, 0.6) is 0 Å². The van der Waals surface area contributed by atoms with Crippen molar-refractivity contribution in [1.82, 2.24) is 25.5 Å². The molecule has 3 fully saturated rings. The first-order valence-electron chi connectivity index (χ1n) is 15.9. The van der Waals surface area contributed by atoms with Crippen molar-refractivity contribution < 1.29 is 43.3 Å². The van der Waals surface area contributed by atoms with E-state index in [0.29, 0.717) is 30.6 Å². The Morgan fingerprint density at radius 2 is 2.02 bits per heavy atom. The maximum absolute atomic E-state index is 12.8. The molecule has 3 aliphatic rings. The van der Waals surface area contributed by atoms with Gasteiger partial charge in [0.2, 0.25) is 11.6 Å². The van der Waals surface area contributed by atoms with Crippen LogP contribution in [-0.4, -0.2) is 98.0 Å². The standard InChI is InChI=1S/C33H43N5O9/c1-19(8-11-27-20(2)15-26(22(4)45-27)35-29(40)13-10-21(3)44-23(5)39)9-12-28-31(42)33(18-43-33)17-24(46-28)16-30(41)47-38-32-25(36-37-38)7-6-14-34-32/h6-10,12-14,20-22,24,26-28,31,42H,11,15-18H2,1-5H3,(H,35,40)/b12-9+,13-10-,19-8+/t20-,21-,22+,24+,26+,27-,28+,31+,33+/m0/s1. The number of allylic oxidation sites excluding steroid dienone is 2. The first-order valence-corrected chi connectivity index (χ1v) is 15.9. The molecule has 0 bridgehead atoms. The number of epoxide rings is 1. The normalized spacial score (nSPS) is 31.7. The fourth-order valence-corrected chi connectivity index (χ4v) is 6.01. The highest BCUT2D eigenvalue weighted by Gasteiger charge is 2.58. The highest BCUT2D eigenvalue weighted by molar-refractivity contribution is 5.87. The number of aliphatic hydroxyl groups is 1. The van der Waals surface area contributed by atoms with Crippen molar-refractivity contribution in [2.75, 3.05) is 6.61 Å². The summed E-state index contributed by atoms with van der Waals surface area (Å²) in [5, 5.41) is 21.8. The van der Waals surface area contributed by atoms with Crippen molar-refractivity contribution in [3.05, 3.63) is 54.3 Å². The van der Waals surface area contributed by atoms with Gasteiger partial charge in [-0.05, 0) is 67.8 Å². The fourth-order valence-electron chi connectivity index (χ4n) is 6.01. The van der Waals surface area contributed by atoms with Gasteiger partial charge in [-0.3, -0.25) is 9.59 Å². The number of rotatable bonds is 11. The third kappa shape index (κ3) is 8.89. The van der Waals surface area contributed by atoms with Gasteiger partial charge >= 0.3 is 11.9 Å². The van der Waals surface area contributed by atoms with Crippen LogP contribution < -0.4 is 10.2 Å². The van der Waals surface area contributed by atoms with Crippen molar-refractivity contribution in [2.24, 2.45) is 5.92 Å². The lowest BCUT2D eigenvalue weighted by atomic mass is 9.87. The number of esters is 1. The summed E-state index contributed by atoms with van der Waals surface area (Å²) in [6.07, 6.45) is 9.16. The van der Waals surface area contributed by atoms with Gasteiger partial charge in [0, 0.05) is 25.6 Å². The maximum Gasteiger partial charge on any atom is 0.337 e. The van der Waals surface area contributed by atoms with Gasteiger partial charge in [0.15, 0.2) is 0 Å². The largest absolute Gasteiger partial charge is 0.459 e. The van der Waals surface area contributed by atoms with Crippen LogP contribution in [0.4, 0.5) is 0 Å². The zero-order valence-electron chi connectivity index (χ0n) is 27.3. The number of nitrogens with one attached hydrogen (secondary N) is 1. The number of carbonyl (C=O) groups is 3. The Balaban J connectivity index is 1.11. The van der Waals surface area contributed by atoms with Crippen LogP contribution in [0.1, 0.15) is 60.3 Å². The molecular formula is C33H43N5O9. The zero-order chi connectivity index (χ0) is 33.7. The zero-order valence-corrected chi connectivity index (χ0v) is 27.3. The minimum atomic E-state index is -0.878. The van der Waals surface area contributed by atoms with E-state index >= 15 is 0 Å². The average Bonchev–Trinajstić information content (AvgIpc) is 3.68. The van der Waals surface area contributed by atoms with Crippen LogP contribution in [0.3, 0.4) is 0 Å². The van der Waals surface area contributed by atoms with Gasteiger partial charge in [0.25, 0.3) is 0 Å². The van der Waals surface area contributed by atoms with E-state index in [0.717, 1.165) is 16.8 Å². The molecule has 3 saturated heterocycles. The van der Waals surface area contributed by atoms with Gasteiger partial charge in [0.05, 0.1) is 37.4 Å². The monoisotopic (exact) mass is 653 g/mol. The van der Waals surface area contributed by atoms with E-state index in [4.69, 9.17) is 23.8 Å². The number of hydrogen-bond acceptors (Lipinski definition) is 12. The summed E-state index contributed by atoms with van der Waals surface area (Å²) in [6.45, 7) is 9.41. The topological polar surface area (TPSA) is 177 Å². The molecule has 14 nitrogen and oxygen atoms in total. The molecule has 2 aromatic heterocycles. The van der Waals surface area contributed by atoms with Crippen molar-refractivity contribution in [3.8, 4) is 0 Å². The lowest BCUT2D eigenvalue weighted by Gasteiger charge is -2.39. The second kappa shape index (κ2) is 14.8. The lowest BCUT2D eigenvalue weighted by molar-refractivity contribution is -0.161. The molecule has 2 aromatic rings. The van der Waals surface area contributed by atoms with Crippen molar-refractivity contribution in [3.63, 3.8) is 0 Å². The summed E-state index contributed by atoms with van der Waals surface area (Å²) in [6, 6.07) is 3.28. The van der Waals surface area contributed by atoms with E-state index in [-0.39, 0.29) is 36.5 Å². The van der Waals surface area contributed by atoms with Crippen molar-refractivity contribution in [2.45, 2.75) is 109 Å². The molecule has 1 amide bonds. The maximum atomic E-state index is 12.8. The van der Waals surface area contributed by atoms with Crippen LogP contribution in [0.15, 0.2) is 54.3 Å². The van der Waals surface area contributed by atoms with E-state index in [1.165, 1.54) is 13.0 Å². The Hall–Kier alpha value is -3.98. The first kappa shape index (κ1) is 34.4. The molecule has 47 heavy (non-hydrogen) atoms. The molecule has 2 N–H and O–H groups in total. The van der Waals surface area contributed by atoms with Crippen LogP contribution in [-0.2, 0) is 33.3 Å². The molecule has 0 aliphatic carbocycles. The molecule has 1 spiro atoms. The summed E-state index contributed by atoms with van der Waals surface area (Å²) in [5.74, 6) is -1.04. The van der Waals surface area contributed by atoms with Crippen LogP contribution in [0.2, 0.25) is 0 Å².